The molecule has 1 fully saturated rings. The fraction of sp³-hybridized carbons (Fsp3) is 0.389. The lowest BCUT2D eigenvalue weighted by atomic mass is 10.2. The molecule has 1 aliphatic carbocycles. The van der Waals surface area contributed by atoms with Crippen LogP contribution in [0.4, 0.5) is 0 Å². The van der Waals surface area contributed by atoms with Gasteiger partial charge >= 0.3 is 0 Å². The minimum Gasteiger partial charge on any atom is -0.490 e. The normalized spacial score (nSPS) is 15.0. The Hall–Kier alpha value is -2.23. The van der Waals surface area contributed by atoms with Gasteiger partial charge in [0.2, 0.25) is 0 Å². The molecule has 2 aromatic rings. The summed E-state index contributed by atoms with van der Waals surface area (Å²) in [4.78, 5) is 12.1. The fourth-order valence-corrected chi connectivity index (χ4v) is 2.81. The van der Waals surface area contributed by atoms with Crippen LogP contribution in [0.15, 0.2) is 41.0 Å². The topological polar surface area (TPSA) is 51.5 Å². The monoisotopic (exact) mass is 299 g/mol. The Bertz CT molecular complexity index is 641. The van der Waals surface area contributed by atoms with Gasteiger partial charge in [0.05, 0.1) is 12.4 Å². The molecule has 116 valence electrons. The van der Waals surface area contributed by atoms with E-state index in [2.05, 4.69) is 5.32 Å². The zero-order chi connectivity index (χ0) is 15.4. The Kier molecular flexibility index (Phi) is 4.47. The molecule has 0 spiro atoms. The largest absolute Gasteiger partial charge is 0.490 e. The van der Waals surface area contributed by atoms with E-state index in [1.165, 1.54) is 19.1 Å². The summed E-state index contributed by atoms with van der Waals surface area (Å²) in [6, 6.07) is 9.66. The van der Waals surface area contributed by atoms with Gasteiger partial charge in [-0.2, -0.15) is 0 Å². The number of ether oxygens (including phenoxy) is 1. The fourth-order valence-electron chi connectivity index (χ4n) is 2.81. The molecule has 0 saturated heterocycles. The Morgan fingerprint density at radius 2 is 2.05 bits per heavy atom. The Morgan fingerprint density at radius 3 is 2.77 bits per heavy atom. The second-order valence-electron chi connectivity index (χ2n) is 5.75. The minimum atomic E-state index is -0.196. The van der Waals surface area contributed by atoms with Gasteiger partial charge in [0, 0.05) is 17.7 Å². The highest BCUT2D eigenvalue weighted by Crippen LogP contribution is 2.26. The molecule has 1 heterocycles. The van der Waals surface area contributed by atoms with Crippen molar-refractivity contribution in [2.24, 2.45) is 0 Å². The first-order valence-corrected chi connectivity index (χ1v) is 7.81. The predicted octanol–water partition coefficient (Wildman–Crippen LogP) is 3.84. The minimum absolute atomic E-state index is 0.196. The van der Waals surface area contributed by atoms with E-state index in [4.69, 9.17) is 9.15 Å². The molecule has 0 radical (unpaired) electrons. The lowest BCUT2D eigenvalue weighted by molar-refractivity contribution is 0.0921. The van der Waals surface area contributed by atoms with E-state index in [0.717, 1.165) is 29.7 Å². The Balaban J connectivity index is 1.64. The number of aryl methyl sites for hydroxylation is 1. The third-order valence-corrected chi connectivity index (χ3v) is 4.08. The molecule has 22 heavy (non-hydrogen) atoms. The summed E-state index contributed by atoms with van der Waals surface area (Å²) >= 11 is 0. The van der Waals surface area contributed by atoms with Crippen molar-refractivity contribution < 1.29 is 13.9 Å². The van der Waals surface area contributed by atoms with Crippen molar-refractivity contribution in [3.63, 3.8) is 0 Å². The highest BCUT2D eigenvalue weighted by Gasteiger charge is 2.18. The number of furan rings is 1. The van der Waals surface area contributed by atoms with E-state index in [-0.39, 0.29) is 5.91 Å². The van der Waals surface area contributed by atoms with Crippen LogP contribution in [-0.2, 0) is 6.54 Å². The second-order valence-corrected chi connectivity index (χ2v) is 5.75. The van der Waals surface area contributed by atoms with E-state index in [1.54, 1.807) is 6.07 Å². The molecule has 1 aromatic heterocycles. The van der Waals surface area contributed by atoms with E-state index >= 15 is 0 Å². The SMILES string of the molecule is Cc1ccoc1C(=O)NCc1ccccc1OC1CCCC1. The first kappa shape index (κ1) is 14.7. The molecular formula is C18H21NO3. The molecule has 1 aliphatic rings. The van der Waals surface area contributed by atoms with Crippen molar-refractivity contribution in [3.8, 4) is 5.75 Å². The zero-order valence-corrected chi connectivity index (χ0v) is 12.8. The van der Waals surface area contributed by atoms with E-state index in [1.807, 2.05) is 31.2 Å². The van der Waals surface area contributed by atoms with Gasteiger partial charge in [-0.3, -0.25) is 4.79 Å². The average molecular weight is 299 g/mol. The third kappa shape index (κ3) is 3.32. The maximum Gasteiger partial charge on any atom is 0.287 e. The maximum absolute atomic E-state index is 12.1. The summed E-state index contributed by atoms with van der Waals surface area (Å²) in [5.41, 5.74) is 1.83. The standard InChI is InChI=1S/C18H21NO3/c1-13-10-11-21-17(13)18(20)19-12-14-6-2-5-9-16(14)22-15-7-3-4-8-15/h2,5-6,9-11,15H,3-4,7-8,12H2,1H3,(H,19,20). The third-order valence-electron chi connectivity index (χ3n) is 4.08. The summed E-state index contributed by atoms with van der Waals surface area (Å²) in [7, 11) is 0. The lowest BCUT2D eigenvalue weighted by Crippen LogP contribution is -2.23. The molecule has 1 N–H and O–H groups in total. The highest BCUT2D eigenvalue weighted by molar-refractivity contribution is 5.92. The van der Waals surface area contributed by atoms with Gasteiger partial charge in [0.15, 0.2) is 5.76 Å². The van der Waals surface area contributed by atoms with Crippen LogP contribution in [-0.4, -0.2) is 12.0 Å². The van der Waals surface area contributed by atoms with Crippen LogP contribution in [0.5, 0.6) is 5.75 Å². The van der Waals surface area contributed by atoms with Crippen molar-refractivity contribution in [2.75, 3.05) is 0 Å². The molecule has 1 saturated carbocycles. The molecule has 0 unspecified atom stereocenters. The average Bonchev–Trinajstić information content (AvgIpc) is 3.17. The van der Waals surface area contributed by atoms with E-state index in [0.29, 0.717) is 18.4 Å². The Morgan fingerprint density at radius 1 is 1.27 bits per heavy atom. The molecule has 1 amide bonds. The molecule has 0 bridgehead atoms. The second kappa shape index (κ2) is 6.69. The summed E-state index contributed by atoms with van der Waals surface area (Å²) in [5, 5.41) is 2.89. The van der Waals surface area contributed by atoms with Gasteiger partial charge in [0.25, 0.3) is 5.91 Å². The number of rotatable bonds is 5. The first-order valence-electron chi connectivity index (χ1n) is 7.81. The number of carbonyl (C=O) groups is 1. The summed E-state index contributed by atoms with van der Waals surface area (Å²) in [5.74, 6) is 1.04. The van der Waals surface area contributed by atoms with Crippen LogP contribution in [0.2, 0.25) is 0 Å². The zero-order valence-electron chi connectivity index (χ0n) is 12.8. The number of para-hydroxylation sites is 1. The number of benzene rings is 1. The van der Waals surface area contributed by atoms with Gasteiger partial charge in [-0.15, -0.1) is 0 Å². The van der Waals surface area contributed by atoms with Crippen molar-refractivity contribution >= 4 is 5.91 Å². The number of amides is 1. The number of nitrogens with one attached hydrogen (secondary N) is 1. The van der Waals surface area contributed by atoms with Crippen LogP contribution in [0.25, 0.3) is 0 Å². The molecular weight excluding hydrogens is 278 g/mol. The van der Waals surface area contributed by atoms with E-state index in [9.17, 15) is 4.79 Å². The number of hydrogen-bond acceptors (Lipinski definition) is 3. The maximum atomic E-state index is 12.1. The van der Waals surface area contributed by atoms with Crippen LogP contribution in [0, 0.1) is 6.92 Å². The van der Waals surface area contributed by atoms with Gasteiger partial charge in [0.1, 0.15) is 5.75 Å². The molecule has 1 aromatic carbocycles. The van der Waals surface area contributed by atoms with Crippen LogP contribution >= 0.6 is 0 Å². The number of carbonyl (C=O) groups excluding carboxylic acids is 1. The molecule has 0 aliphatic heterocycles. The van der Waals surface area contributed by atoms with Crippen molar-refractivity contribution in [1.29, 1.82) is 0 Å². The number of hydrogen-bond donors (Lipinski definition) is 1. The quantitative estimate of drug-likeness (QED) is 0.912. The molecule has 3 rings (SSSR count). The molecule has 0 atom stereocenters. The van der Waals surface area contributed by atoms with Crippen LogP contribution in [0.3, 0.4) is 0 Å². The van der Waals surface area contributed by atoms with Crippen molar-refractivity contribution in [2.45, 2.75) is 45.3 Å². The van der Waals surface area contributed by atoms with Gasteiger partial charge in [-0.1, -0.05) is 18.2 Å². The summed E-state index contributed by atoms with van der Waals surface area (Å²) < 4.78 is 11.3. The van der Waals surface area contributed by atoms with Gasteiger partial charge < -0.3 is 14.5 Å². The first-order chi connectivity index (χ1) is 10.7. The van der Waals surface area contributed by atoms with Crippen LogP contribution in [0.1, 0.15) is 47.4 Å². The Labute approximate surface area is 130 Å². The smallest absolute Gasteiger partial charge is 0.287 e. The van der Waals surface area contributed by atoms with E-state index < -0.39 is 0 Å². The summed E-state index contributed by atoms with van der Waals surface area (Å²) in [6.45, 7) is 2.29. The lowest BCUT2D eigenvalue weighted by Gasteiger charge is -2.16. The van der Waals surface area contributed by atoms with Gasteiger partial charge in [-0.25, -0.2) is 0 Å². The summed E-state index contributed by atoms with van der Waals surface area (Å²) in [6.07, 6.45) is 6.55. The van der Waals surface area contributed by atoms with Crippen molar-refractivity contribution in [3.05, 3.63) is 53.5 Å². The molecule has 4 heteroatoms. The molecule has 4 nitrogen and oxygen atoms in total. The predicted molar refractivity (Wildman–Crippen MR) is 83.9 cm³/mol. The van der Waals surface area contributed by atoms with Crippen LogP contribution < -0.4 is 10.1 Å². The highest BCUT2D eigenvalue weighted by atomic mass is 16.5. The van der Waals surface area contributed by atoms with Crippen molar-refractivity contribution in [1.82, 2.24) is 5.32 Å². The van der Waals surface area contributed by atoms with Gasteiger partial charge in [-0.05, 0) is 44.7 Å².